The molecule has 0 aromatic heterocycles. The van der Waals surface area contributed by atoms with E-state index in [-0.39, 0.29) is 32.7 Å². The second-order valence-corrected chi connectivity index (χ2v) is 3.14. The molecule has 0 radical (unpaired) electrons. The number of thioether (sulfide) groups is 1. The van der Waals surface area contributed by atoms with Gasteiger partial charge in [0, 0.05) is 0 Å². The van der Waals surface area contributed by atoms with Crippen molar-refractivity contribution in [1.29, 1.82) is 0 Å². The maximum Gasteiger partial charge on any atom is 3.00 e. The Bertz CT molecular complexity index is 273. The van der Waals surface area contributed by atoms with Gasteiger partial charge in [-0.3, -0.25) is 5.41 Å². The van der Waals surface area contributed by atoms with E-state index in [1.807, 2.05) is 31.4 Å². The summed E-state index contributed by atoms with van der Waals surface area (Å²) >= 11 is 1.56. The smallest absolute Gasteiger partial charge is 0.289 e. The van der Waals surface area contributed by atoms with E-state index in [0.29, 0.717) is 0 Å². The zero-order chi connectivity index (χ0) is 8.27. The Morgan fingerprint density at radius 2 is 2.25 bits per heavy atom. The van der Waals surface area contributed by atoms with Crippen molar-refractivity contribution in [2.45, 2.75) is 6.92 Å². The molecule has 1 aromatic rings. The molecule has 12 heavy (non-hydrogen) atoms. The predicted octanol–water partition coefficient (Wildman–Crippen LogP) is 0.661. The van der Waals surface area contributed by atoms with Gasteiger partial charge in [-0.15, -0.1) is 41.6 Å². The van der Waals surface area contributed by atoms with Crippen LogP contribution in [0, 0.1) is 13.0 Å². The molecular formula is C9H11NSY+3. The van der Waals surface area contributed by atoms with Crippen LogP contribution in [0.4, 0.5) is 0 Å². The molecule has 0 spiro atoms. The normalized spacial score (nSPS) is 8.83. The summed E-state index contributed by atoms with van der Waals surface area (Å²) in [6.45, 7) is 2.04. The third-order valence-electron chi connectivity index (χ3n) is 1.53. The van der Waals surface area contributed by atoms with E-state index in [9.17, 15) is 0 Å². The van der Waals surface area contributed by atoms with Gasteiger partial charge < -0.3 is 0 Å². The summed E-state index contributed by atoms with van der Waals surface area (Å²) in [7, 11) is 0. The summed E-state index contributed by atoms with van der Waals surface area (Å²) in [6, 6.07) is 8.99. The quantitative estimate of drug-likeness (QED) is 0.444. The van der Waals surface area contributed by atoms with Crippen LogP contribution in [0.2, 0.25) is 0 Å². The summed E-state index contributed by atoms with van der Waals surface area (Å²) in [6.07, 6.45) is 1.97. The van der Waals surface area contributed by atoms with Crippen molar-refractivity contribution in [3.8, 4) is 0 Å². The predicted molar refractivity (Wildman–Crippen MR) is 49.6 cm³/mol. The fraction of sp³-hybridized carbons (Fsp3) is 0.222. The van der Waals surface area contributed by atoms with Gasteiger partial charge in [-0.25, -0.2) is 0 Å². The van der Waals surface area contributed by atoms with E-state index in [4.69, 9.17) is 5.41 Å². The molecule has 2 N–H and O–H groups in total. The minimum Gasteiger partial charge on any atom is -0.289 e. The van der Waals surface area contributed by atoms with Crippen LogP contribution in [0.5, 0.6) is 0 Å². The van der Waals surface area contributed by atoms with Crippen LogP contribution < -0.4 is 5.41 Å². The van der Waals surface area contributed by atoms with E-state index in [1.165, 1.54) is 5.56 Å². The fourth-order valence-electron chi connectivity index (χ4n) is 0.889. The summed E-state index contributed by atoms with van der Waals surface area (Å²) in [5, 5.41) is 6.58. The summed E-state index contributed by atoms with van der Waals surface area (Å²) in [5.74, 6) is 0. The summed E-state index contributed by atoms with van der Waals surface area (Å²) in [4.78, 5) is 0. The van der Waals surface area contributed by atoms with Crippen molar-refractivity contribution >= 4 is 16.8 Å². The zero-order valence-corrected chi connectivity index (χ0v) is 10.9. The van der Waals surface area contributed by atoms with Crippen LogP contribution in [0.1, 0.15) is 11.1 Å². The molecule has 0 saturated carbocycles. The minimum atomic E-state index is 0. The monoisotopic (exact) mass is 254 g/mol. The summed E-state index contributed by atoms with van der Waals surface area (Å²) < 4.78 is 0. The maximum absolute atomic E-state index is 5.74. The molecule has 0 amide bonds. The number of hydrogen-bond donors (Lipinski definition) is 1. The van der Waals surface area contributed by atoms with Crippen LogP contribution in [-0.2, 0) is 32.7 Å². The zero-order valence-electron chi connectivity index (χ0n) is 7.29. The first-order chi connectivity index (χ1) is 5.25. The molecule has 58 valence electrons. The maximum atomic E-state index is 5.74. The number of benzene rings is 1. The Kier molecular flexibility index (Phi) is 6.07. The number of rotatable bonds is 1. The first-order valence-corrected chi connectivity index (χ1v) is 4.62. The largest absolute Gasteiger partial charge is 3.00 e. The van der Waals surface area contributed by atoms with Crippen LogP contribution in [0.25, 0.3) is 0 Å². The van der Waals surface area contributed by atoms with Crippen LogP contribution in [0.3, 0.4) is 0 Å². The van der Waals surface area contributed by atoms with E-state index in [0.717, 1.165) is 10.6 Å². The van der Waals surface area contributed by atoms with Crippen molar-refractivity contribution in [3.63, 3.8) is 0 Å². The van der Waals surface area contributed by atoms with E-state index in [2.05, 4.69) is 6.07 Å². The van der Waals surface area contributed by atoms with E-state index in [1.54, 1.807) is 11.8 Å². The SMILES string of the molecule is CSC(=[NH2+])c1[c-]cccc1C.[Y+3]. The number of nitrogens with two attached hydrogens (primary N) is 1. The van der Waals surface area contributed by atoms with Gasteiger partial charge in [0.05, 0.1) is 0 Å². The fourth-order valence-corrected chi connectivity index (χ4v) is 1.31. The Morgan fingerprint density at radius 1 is 1.58 bits per heavy atom. The molecule has 0 bridgehead atoms. The van der Waals surface area contributed by atoms with E-state index < -0.39 is 0 Å². The molecule has 0 aliphatic carbocycles. The van der Waals surface area contributed by atoms with E-state index >= 15 is 0 Å². The average molecular weight is 254 g/mol. The molecule has 3 heteroatoms. The Hall–Kier alpha value is 0.344. The molecule has 1 nitrogen and oxygen atoms in total. The van der Waals surface area contributed by atoms with Crippen molar-refractivity contribution in [1.82, 2.24) is 0 Å². The third kappa shape index (κ3) is 3.00. The van der Waals surface area contributed by atoms with Gasteiger partial charge in [0.1, 0.15) is 0 Å². The van der Waals surface area contributed by atoms with Gasteiger partial charge in [-0.2, -0.15) is 0 Å². The van der Waals surface area contributed by atoms with Crippen molar-refractivity contribution in [3.05, 3.63) is 35.4 Å². The van der Waals surface area contributed by atoms with Gasteiger partial charge >= 0.3 is 32.7 Å². The van der Waals surface area contributed by atoms with Gasteiger partial charge in [-0.05, 0) is 6.26 Å². The summed E-state index contributed by atoms with van der Waals surface area (Å²) in [5.41, 5.74) is 2.21. The van der Waals surface area contributed by atoms with Crippen molar-refractivity contribution < 1.29 is 38.1 Å². The van der Waals surface area contributed by atoms with Gasteiger partial charge in [0.25, 0.3) is 0 Å². The molecule has 0 fully saturated rings. The van der Waals surface area contributed by atoms with Crippen LogP contribution >= 0.6 is 11.8 Å². The average Bonchev–Trinajstić information content (AvgIpc) is 2.04. The Balaban J connectivity index is 0.00000121. The molecule has 1 rings (SSSR count). The van der Waals surface area contributed by atoms with Gasteiger partial charge in [0.15, 0.2) is 5.04 Å². The number of hydrogen-bond acceptors (Lipinski definition) is 1. The second kappa shape index (κ2) is 5.90. The molecular weight excluding hydrogens is 243 g/mol. The molecule has 0 aliphatic rings. The topological polar surface area (TPSA) is 25.6 Å². The molecule has 0 heterocycles. The first kappa shape index (κ1) is 12.3. The molecule has 0 atom stereocenters. The second-order valence-electron chi connectivity index (χ2n) is 2.30. The Labute approximate surface area is 103 Å². The van der Waals surface area contributed by atoms with Gasteiger partial charge in [-0.1, -0.05) is 12.5 Å². The van der Waals surface area contributed by atoms with Crippen LogP contribution in [-0.4, -0.2) is 11.3 Å². The third-order valence-corrected chi connectivity index (χ3v) is 2.17. The van der Waals surface area contributed by atoms with Crippen molar-refractivity contribution in [2.24, 2.45) is 0 Å². The standard InChI is InChI=1S/C9H10NS.Y/c1-7-5-3-4-6-8(7)9(10)11-2;/h3-5,10H,1-2H3;/q-1;+3/p+1. The minimum absolute atomic E-state index is 0. The van der Waals surface area contributed by atoms with Crippen LogP contribution in [0.15, 0.2) is 18.2 Å². The van der Waals surface area contributed by atoms with Crippen molar-refractivity contribution in [2.75, 3.05) is 6.26 Å². The molecule has 0 aliphatic heterocycles. The van der Waals surface area contributed by atoms with Gasteiger partial charge in [0.2, 0.25) is 0 Å². The molecule has 0 saturated heterocycles. The molecule has 0 unspecified atom stereocenters. The molecule has 1 aromatic carbocycles. The Morgan fingerprint density at radius 3 is 2.75 bits per heavy atom. The first-order valence-electron chi connectivity index (χ1n) is 3.40. The number of aryl methyl sites for hydroxylation is 1.